The van der Waals surface area contributed by atoms with Gasteiger partial charge in [-0.2, -0.15) is 0 Å². The van der Waals surface area contributed by atoms with E-state index in [0.717, 1.165) is 12.0 Å². The largest absolute Gasteiger partial charge is 0.391 e. The molecule has 0 aliphatic rings. The Balaban J connectivity index is 2.55. The van der Waals surface area contributed by atoms with Crippen molar-refractivity contribution >= 4 is 29.1 Å². The Bertz CT molecular complexity index is 520. The number of halogens is 1. The van der Waals surface area contributed by atoms with Crippen LogP contribution in [0.1, 0.15) is 25.8 Å². The number of benzene rings is 1. The molecule has 0 radical (unpaired) electrons. The normalized spacial score (nSPS) is 13.4. The van der Waals surface area contributed by atoms with Crippen molar-refractivity contribution in [3.05, 3.63) is 28.8 Å². The lowest BCUT2D eigenvalue weighted by Gasteiger charge is -2.17. The molecule has 0 heterocycles. The SMILES string of the molecule is CCC(C)C(O)CNC(=O)C(=O)Nc1cc(C)ccc1Cl. The molecular formula is C15H21ClN2O3. The van der Waals surface area contributed by atoms with Crippen LogP contribution in [0.25, 0.3) is 0 Å². The third kappa shape index (κ3) is 5.36. The summed E-state index contributed by atoms with van der Waals surface area (Å²) in [5.41, 5.74) is 1.31. The van der Waals surface area contributed by atoms with Gasteiger partial charge in [0.05, 0.1) is 16.8 Å². The first kappa shape index (κ1) is 17.5. The Hall–Kier alpha value is -1.59. The Morgan fingerprint density at radius 1 is 1.33 bits per heavy atom. The number of hydrogen-bond acceptors (Lipinski definition) is 3. The second-order valence-corrected chi connectivity index (χ2v) is 5.51. The van der Waals surface area contributed by atoms with E-state index in [1.54, 1.807) is 18.2 Å². The van der Waals surface area contributed by atoms with E-state index in [9.17, 15) is 14.7 Å². The Morgan fingerprint density at radius 3 is 2.62 bits per heavy atom. The van der Waals surface area contributed by atoms with Crippen molar-refractivity contribution in [2.24, 2.45) is 5.92 Å². The standard InChI is InChI=1S/C15H21ClN2O3/c1-4-10(3)13(19)8-17-14(20)15(21)18-12-7-9(2)5-6-11(12)16/h5-7,10,13,19H,4,8H2,1-3H3,(H,17,20)(H,18,21). The third-order valence-electron chi connectivity index (χ3n) is 3.35. The van der Waals surface area contributed by atoms with Crippen LogP contribution in [0.2, 0.25) is 5.02 Å². The summed E-state index contributed by atoms with van der Waals surface area (Å²) >= 11 is 5.95. The van der Waals surface area contributed by atoms with Crippen LogP contribution in [0.5, 0.6) is 0 Å². The predicted molar refractivity (Wildman–Crippen MR) is 83.3 cm³/mol. The highest BCUT2D eigenvalue weighted by molar-refractivity contribution is 6.41. The molecule has 1 aromatic rings. The van der Waals surface area contributed by atoms with Crippen molar-refractivity contribution in [3.8, 4) is 0 Å². The third-order valence-corrected chi connectivity index (χ3v) is 3.68. The van der Waals surface area contributed by atoms with Crippen LogP contribution in [0.4, 0.5) is 5.69 Å². The van der Waals surface area contributed by atoms with Crippen LogP contribution in [0.3, 0.4) is 0 Å². The lowest BCUT2D eigenvalue weighted by molar-refractivity contribution is -0.136. The van der Waals surface area contributed by atoms with Gasteiger partial charge in [-0.1, -0.05) is 37.9 Å². The van der Waals surface area contributed by atoms with Gasteiger partial charge >= 0.3 is 11.8 Å². The summed E-state index contributed by atoms with van der Waals surface area (Å²) in [6.07, 6.45) is 0.122. The average Bonchev–Trinajstić information content (AvgIpc) is 2.47. The molecule has 1 rings (SSSR count). The fourth-order valence-corrected chi connectivity index (χ4v) is 1.83. The van der Waals surface area contributed by atoms with Gasteiger partial charge in [-0.25, -0.2) is 0 Å². The zero-order valence-electron chi connectivity index (χ0n) is 12.4. The second-order valence-electron chi connectivity index (χ2n) is 5.10. The van der Waals surface area contributed by atoms with Gasteiger partial charge < -0.3 is 15.7 Å². The molecule has 6 heteroatoms. The minimum atomic E-state index is -0.807. The molecule has 0 spiro atoms. The van der Waals surface area contributed by atoms with Crippen molar-refractivity contribution < 1.29 is 14.7 Å². The highest BCUT2D eigenvalue weighted by Crippen LogP contribution is 2.22. The molecule has 0 aromatic heterocycles. The van der Waals surface area contributed by atoms with Gasteiger partial charge in [0.15, 0.2) is 0 Å². The molecule has 0 aliphatic carbocycles. The number of amides is 2. The maximum absolute atomic E-state index is 11.8. The Labute approximate surface area is 129 Å². The molecule has 2 amide bonds. The fourth-order valence-electron chi connectivity index (χ4n) is 1.66. The first-order valence-corrected chi connectivity index (χ1v) is 7.26. The van der Waals surface area contributed by atoms with Crippen molar-refractivity contribution in [2.45, 2.75) is 33.3 Å². The summed E-state index contributed by atoms with van der Waals surface area (Å²) in [6.45, 7) is 5.73. The molecule has 2 unspecified atom stereocenters. The first-order chi connectivity index (χ1) is 9.85. The summed E-state index contributed by atoms with van der Waals surface area (Å²) in [7, 11) is 0. The van der Waals surface area contributed by atoms with E-state index in [1.165, 1.54) is 0 Å². The lowest BCUT2D eigenvalue weighted by Crippen LogP contribution is -2.41. The molecular weight excluding hydrogens is 292 g/mol. The molecule has 21 heavy (non-hydrogen) atoms. The zero-order chi connectivity index (χ0) is 16.0. The minimum absolute atomic E-state index is 0.0445. The topological polar surface area (TPSA) is 78.4 Å². The number of aliphatic hydroxyl groups is 1. The highest BCUT2D eigenvalue weighted by Gasteiger charge is 2.18. The van der Waals surface area contributed by atoms with Crippen molar-refractivity contribution in [1.29, 1.82) is 0 Å². The summed E-state index contributed by atoms with van der Waals surface area (Å²) in [5.74, 6) is -1.55. The molecule has 0 saturated heterocycles. The number of carbonyl (C=O) groups excluding carboxylic acids is 2. The van der Waals surface area contributed by atoms with Crippen LogP contribution in [0, 0.1) is 12.8 Å². The van der Waals surface area contributed by atoms with Crippen LogP contribution < -0.4 is 10.6 Å². The van der Waals surface area contributed by atoms with Gasteiger partial charge in [0, 0.05) is 6.54 Å². The number of aliphatic hydroxyl groups excluding tert-OH is 1. The van der Waals surface area contributed by atoms with Crippen LogP contribution in [-0.4, -0.2) is 29.6 Å². The van der Waals surface area contributed by atoms with Crippen LogP contribution in [0.15, 0.2) is 18.2 Å². The smallest absolute Gasteiger partial charge is 0.313 e. The van der Waals surface area contributed by atoms with E-state index in [0.29, 0.717) is 10.7 Å². The van der Waals surface area contributed by atoms with Crippen LogP contribution in [-0.2, 0) is 9.59 Å². The monoisotopic (exact) mass is 312 g/mol. The van der Waals surface area contributed by atoms with Crippen LogP contribution >= 0.6 is 11.6 Å². The molecule has 0 aliphatic heterocycles. The number of nitrogens with one attached hydrogen (secondary N) is 2. The summed E-state index contributed by atoms with van der Waals surface area (Å²) < 4.78 is 0. The molecule has 1 aromatic carbocycles. The van der Waals surface area contributed by atoms with Gasteiger partial charge in [0.25, 0.3) is 0 Å². The summed E-state index contributed by atoms with van der Waals surface area (Å²) in [6, 6.07) is 5.14. The highest BCUT2D eigenvalue weighted by atomic mass is 35.5. The number of hydrogen-bond donors (Lipinski definition) is 3. The quantitative estimate of drug-likeness (QED) is 0.729. The van der Waals surface area contributed by atoms with E-state index >= 15 is 0 Å². The summed E-state index contributed by atoms with van der Waals surface area (Å²) in [4.78, 5) is 23.4. The number of anilines is 1. The number of rotatable bonds is 5. The van der Waals surface area contributed by atoms with E-state index in [1.807, 2.05) is 20.8 Å². The zero-order valence-corrected chi connectivity index (χ0v) is 13.2. The van der Waals surface area contributed by atoms with Gasteiger partial charge in [-0.3, -0.25) is 9.59 Å². The van der Waals surface area contributed by atoms with Crippen molar-refractivity contribution in [3.63, 3.8) is 0 Å². The first-order valence-electron chi connectivity index (χ1n) is 6.88. The summed E-state index contributed by atoms with van der Waals surface area (Å²) in [5, 5.41) is 15.0. The number of carbonyl (C=O) groups is 2. The van der Waals surface area contributed by atoms with E-state index in [4.69, 9.17) is 11.6 Å². The lowest BCUT2D eigenvalue weighted by atomic mass is 10.0. The molecule has 0 bridgehead atoms. The van der Waals surface area contributed by atoms with Crippen molar-refractivity contribution in [1.82, 2.24) is 5.32 Å². The molecule has 116 valence electrons. The molecule has 0 fully saturated rings. The average molecular weight is 313 g/mol. The molecule has 3 N–H and O–H groups in total. The van der Waals surface area contributed by atoms with Gasteiger partial charge in [-0.05, 0) is 30.5 Å². The van der Waals surface area contributed by atoms with E-state index < -0.39 is 17.9 Å². The fraction of sp³-hybridized carbons (Fsp3) is 0.467. The van der Waals surface area contributed by atoms with Crippen molar-refractivity contribution in [2.75, 3.05) is 11.9 Å². The van der Waals surface area contributed by atoms with E-state index in [-0.39, 0.29) is 12.5 Å². The second kappa shape index (κ2) is 8.00. The maximum atomic E-state index is 11.8. The molecule has 0 saturated carbocycles. The van der Waals surface area contributed by atoms with Gasteiger partial charge in [0.1, 0.15) is 0 Å². The predicted octanol–water partition coefficient (Wildman–Crippen LogP) is 2.11. The van der Waals surface area contributed by atoms with Gasteiger partial charge in [-0.15, -0.1) is 0 Å². The maximum Gasteiger partial charge on any atom is 0.313 e. The van der Waals surface area contributed by atoms with Gasteiger partial charge in [0.2, 0.25) is 0 Å². The molecule has 2 atom stereocenters. The Kier molecular flexibility index (Phi) is 6.65. The Morgan fingerprint density at radius 2 is 2.00 bits per heavy atom. The van der Waals surface area contributed by atoms with E-state index in [2.05, 4.69) is 10.6 Å². The minimum Gasteiger partial charge on any atom is -0.391 e. The molecule has 5 nitrogen and oxygen atoms in total. The number of aryl methyl sites for hydroxylation is 1.